The molecule has 9 heteroatoms. The van der Waals surface area contributed by atoms with Crippen molar-refractivity contribution in [2.75, 3.05) is 18.1 Å². The summed E-state index contributed by atoms with van der Waals surface area (Å²) in [6.07, 6.45) is 3.75. The molecular weight excluding hydrogens is 380 g/mol. The Labute approximate surface area is 156 Å². The van der Waals surface area contributed by atoms with Crippen LogP contribution in [0.25, 0.3) is 0 Å². The minimum absolute atomic E-state index is 0.0222. The summed E-state index contributed by atoms with van der Waals surface area (Å²) in [6, 6.07) is 2.43. The van der Waals surface area contributed by atoms with Gasteiger partial charge in [0.15, 0.2) is 16.4 Å². The minimum atomic E-state index is -3.19. The van der Waals surface area contributed by atoms with Crippen molar-refractivity contribution in [2.24, 2.45) is 0 Å². The molecule has 27 heavy (non-hydrogen) atoms. The molecule has 6 nitrogen and oxygen atoms in total. The normalized spacial score (nSPS) is 21.9. The summed E-state index contributed by atoms with van der Waals surface area (Å²) in [4.78, 5) is 26.2. The van der Waals surface area contributed by atoms with Crippen molar-refractivity contribution < 1.29 is 31.5 Å². The summed E-state index contributed by atoms with van der Waals surface area (Å²) in [6.45, 7) is -0.681. The number of nitrogens with zero attached hydrogens (tertiary/aromatic N) is 1. The molecule has 2 fully saturated rings. The Morgan fingerprint density at radius 1 is 1.07 bits per heavy atom. The zero-order valence-electron chi connectivity index (χ0n) is 14.7. The van der Waals surface area contributed by atoms with E-state index in [1.807, 2.05) is 0 Å². The average Bonchev–Trinajstić information content (AvgIpc) is 3.23. The number of halogens is 2. The lowest BCUT2D eigenvalue weighted by molar-refractivity contribution is -0.139. The van der Waals surface area contributed by atoms with Crippen molar-refractivity contribution in [2.45, 2.75) is 44.2 Å². The first kappa shape index (κ1) is 19.7. The van der Waals surface area contributed by atoms with Crippen LogP contribution in [0.4, 0.5) is 8.78 Å². The van der Waals surface area contributed by atoms with Crippen molar-refractivity contribution in [3.63, 3.8) is 0 Å². The fourth-order valence-corrected chi connectivity index (χ4v) is 5.56. The number of ether oxygens (including phenoxy) is 1. The number of esters is 1. The van der Waals surface area contributed by atoms with E-state index in [0.717, 1.165) is 43.9 Å². The summed E-state index contributed by atoms with van der Waals surface area (Å²) in [5, 5.41) is 0. The number of benzene rings is 1. The van der Waals surface area contributed by atoms with Crippen LogP contribution in [0.15, 0.2) is 18.2 Å². The average molecular weight is 401 g/mol. The molecule has 2 aliphatic rings. The molecule has 1 aliphatic carbocycles. The maximum absolute atomic E-state index is 13.7. The number of carbonyl (C=O) groups excluding carboxylic acids is 2. The molecule has 0 bridgehead atoms. The van der Waals surface area contributed by atoms with Gasteiger partial charge in [-0.15, -0.1) is 0 Å². The van der Waals surface area contributed by atoms with Crippen LogP contribution in [-0.4, -0.2) is 55.4 Å². The molecule has 148 valence electrons. The van der Waals surface area contributed by atoms with E-state index >= 15 is 0 Å². The molecule has 1 heterocycles. The van der Waals surface area contributed by atoms with E-state index < -0.39 is 51.6 Å². The molecule has 0 unspecified atom stereocenters. The largest absolute Gasteiger partial charge is 0.452 e. The van der Waals surface area contributed by atoms with Crippen LogP contribution in [0.2, 0.25) is 0 Å². The Morgan fingerprint density at radius 3 is 2.26 bits per heavy atom. The predicted octanol–water partition coefficient (Wildman–Crippen LogP) is 2.08. The summed E-state index contributed by atoms with van der Waals surface area (Å²) in [5.74, 6) is -4.01. The zero-order valence-corrected chi connectivity index (χ0v) is 15.5. The first-order valence-corrected chi connectivity index (χ1v) is 10.7. The summed E-state index contributed by atoms with van der Waals surface area (Å²) >= 11 is 0. The quantitative estimate of drug-likeness (QED) is 0.706. The van der Waals surface area contributed by atoms with Gasteiger partial charge in [0, 0.05) is 12.1 Å². The monoisotopic (exact) mass is 401 g/mol. The third-order valence-corrected chi connectivity index (χ3v) is 6.85. The molecule has 0 spiro atoms. The maximum Gasteiger partial charge on any atom is 0.344 e. The van der Waals surface area contributed by atoms with Crippen LogP contribution in [0, 0.1) is 11.6 Å². The first-order chi connectivity index (χ1) is 12.8. The topological polar surface area (TPSA) is 80.8 Å². The second-order valence-electron chi connectivity index (χ2n) is 6.97. The van der Waals surface area contributed by atoms with Gasteiger partial charge in [0.1, 0.15) is 17.2 Å². The molecule has 1 aliphatic heterocycles. The van der Waals surface area contributed by atoms with Crippen LogP contribution in [0.3, 0.4) is 0 Å². The molecule has 0 radical (unpaired) electrons. The summed E-state index contributed by atoms with van der Waals surface area (Å²) in [5.41, 5.74) is -0.846. The number of hydrogen-bond acceptors (Lipinski definition) is 5. The maximum atomic E-state index is 13.7. The van der Waals surface area contributed by atoms with Crippen LogP contribution >= 0.6 is 0 Å². The van der Waals surface area contributed by atoms with Crippen molar-refractivity contribution >= 4 is 21.7 Å². The second kappa shape index (κ2) is 7.92. The van der Waals surface area contributed by atoms with Crippen molar-refractivity contribution in [3.05, 3.63) is 35.4 Å². The molecule has 1 aromatic carbocycles. The van der Waals surface area contributed by atoms with Crippen LogP contribution in [0.1, 0.15) is 42.5 Å². The van der Waals surface area contributed by atoms with Crippen molar-refractivity contribution in [1.29, 1.82) is 0 Å². The van der Waals surface area contributed by atoms with Gasteiger partial charge in [-0.2, -0.15) is 0 Å². The summed E-state index contributed by atoms with van der Waals surface area (Å²) < 4.78 is 55.8. The Morgan fingerprint density at radius 2 is 1.70 bits per heavy atom. The smallest absolute Gasteiger partial charge is 0.344 e. The standard InChI is InChI=1S/C18H21F2NO5S/c19-14-6-3-7-15(20)17(14)18(23)26-10-16(22)21(12-4-1-2-5-12)13-8-9-27(24,25)11-13/h3,6-7,12-13H,1-2,4-5,8-11H2/t13-/m0/s1. The van der Waals surface area contributed by atoms with Crippen molar-refractivity contribution in [1.82, 2.24) is 4.90 Å². The Balaban J connectivity index is 1.70. The third-order valence-electron chi connectivity index (χ3n) is 5.10. The zero-order chi connectivity index (χ0) is 19.6. The second-order valence-corrected chi connectivity index (χ2v) is 9.20. The molecule has 1 amide bonds. The summed E-state index contributed by atoms with van der Waals surface area (Å²) in [7, 11) is -3.19. The highest BCUT2D eigenvalue weighted by atomic mass is 32.2. The van der Waals surface area contributed by atoms with Gasteiger partial charge in [-0.1, -0.05) is 18.9 Å². The first-order valence-electron chi connectivity index (χ1n) is 8.91. The van der Waals surface area contributed by atoms with E-state index in [1.54, 1.807) is 0 Å². The third kappa shape index (κ3) is 4.45. The van der Waals surface area contributed by atoms with Crippen molar-refractivity contribution in [3.8, 4) is 0 Å². The highest BCUT2D eigenvalue weighted by molar-refractivity contribution is 7.91. The van der Waals surface area contributed by atoms with E-state index in [4.69, 9.17) is 4.74 Å². The minimum Gasteiger partial charge on any atom is -0.452 e. The predicted molar refractivity (Wildman–Crippen MR) is 92.8 cm³/mol. The molecule has 1 saturated carbocycles. The van der Waals surface area contributed by atoms with E-state index in [-0.39, 0.29) is 17.5 Å². The van der Waals surface area contributed by atoms with Gasteiger partial charge in [0.2, 0.25) is 0 Å². The molecule has 0 aromatic heterocycles. The fourth-order valence-electron chi connectivity index (χ4n) is 3.85. The van der Waals surface area contributed by atoms with Crippen LogP contribution < -0.4 is 0 Å². The van der Waals surface area contributed by atoms with E-state index in [1.165, 1.54) is 4.90 Å². The lowest BCUT2D eigenvalue weighted by Gasteiger charge is -2.33. The molecule has 0 N–H and O–H groups in total. The number of carbonyl (C=O) groups is 2. The number of hydrogen-bond donors (Lipinski definition) is 0. The molecular formula is C18H21F2NO5S. The number of sulfone groups is 1. The highest BCUT2D eigenvalue weighted by Gasteiger charge is 2.39. The lowest BCUT2D eigenvalue weighted by atomic mass is 10.1. The van der Waals surface area contributed by atoms with Gasteiger partial charge in [0.25, 0.3) is 5.91 Å². The van der Waals surface area contributed by atoms with Crippen LogP contribution in [-0.2, 0) is 19.4 Å². The van der Waals surface area contributed by atoms with Gasteiger partial charge >= 0.3 is 5.97 Å². The molecule has 3 rings (SSSR count). The van der Waals surface area contributed by atoms with Gasteiger partial charge in [-0.05, 0) is 31.4 Å². The van der Waals surface area contributed by atoms with Crippen LogP contribution in [0.5, 0.6) is 0 Å². The van der Waals surface area contributed by atoms with E-state index in [9.17, 15) is 26.8 Å². The van der Waals surface area contributed by atoms with Gasteiger partial charge < -0.3 is 9.64 Å². The fraction of sp³-hybridized carbons (Fsp3) is 0.556. The molecule has 1 atom stereocenters. The Hall–Kier alpha value is -2.03. The Kier molecular flexibility index (Phi) is 5.78. The number of rotatable bonds is 5. The lowest BCUT2D eigenvalue weighted by Crippen LogP contribution is -2.48. The molecule has 1 aromatic rings. The van der Waals surface area contributed by atoms with Gasteiger partial charge in [-0.3, -0.25) is 4.79 Å². The van der Waals surface area contributed by atoms with E-state index in [2.05, 4.69) is 0 Å². The highest BCUT2D eigenvalue weighted by Crippen LogP contribution is 2.29. The molecule has 1 saturated heterocycles. The van der Waals surface area contributed by atoms with Gasteiger partial charge in [-0.25, -0.2) is 22.0 Å². The Bertz CT molecular complexity index is 816. The number of amides is 1. The SMILES string of the molecule is O=C(OCC(=O)N(C1CCCC1)[C@H]1CCS(=O)(=O)C1)c1c(F)cccc1F. The van der Waals surface area contributed by atoms with Gasteiger partial charge in [0.05, 0.1) is 11.5 Å². The van der Waals surface area contributed by atoms with E-state index in [0.29, 0.717) is 6.42 Å².